The maximum Gasteiger partial charge on any atom is 0.241 e. The third kappa shape index (κ3) is 3.55. The van der Waals surface area contributed by atoms with Crippen molar-refractivity contribution in [1.29, 1.82) is 0 Å². The van der Waals surface area contributed by atoms with Crippen LogP contribution in [-0.4, -0.2) is 14.5 Å². The monoisotopic (exact) mass is 314 g/mol. The van der Waals surface area contributed by atoms with Crippen LogP contribution in [0, 0.1) is 18.7 Å². The van der Waals surface area contributed by atoms with Crippen molar-refractivity contribution in [2.24, 2.45) is 5.92 Å². The zero-order chi connectivity index (χ0) is 15.6. The number of anilines is 1. The molecule has 1 aliphatic rings. The van der Waals surface area contributed by atoms with Gasteiger partial charge in [0.15, 0.2) is 0 Å². The Labute approximate surface area is 126 Å². The van der Waals surface area contributed by atoms with Crippen LogP contribution >= 0.6 is 0 Å². The maximum atomic E-state index is 13.7. The zero-order valence-corrected chi connectivity index (χ0v) is 13.3. The van der Waals surface area contributed by atoms with Crippen molar-refractivity contribution in [3.63, 3.8) is 0 Å². The van der Waals surface area contributed by atoms with Gasteiger partial charge >= 0.3 is 0 Å². The number of nitrogens with two attached hydrogens (primary N) is 1. The highest BCUT2D eigenvalue weighted by Crippen LogP contribution is 2.29. The van der Waals surface area contributed by atoms with Gasteiger partial charge in [-0.15, -0.1) is 0 Å². The molecular weight excluding hydrogens is 291 g/mol. The van der Waals surface area contributed by atoms with Crippen LogP contribution in [0.2, 0.25) is 0 Å². The Balaban J connectivity index is 2.30. The van der Waals surface area contributed by atoms with Crippen molar-refractivity contribution in [1.82, 2.24) is 4.72 Å². The van der Waals surface area contributed by atoms with Crippen LogP contribution in [0.3, 0.4) is 0 Å². The highest BCUT2D eigenvalue weighted by atomic mass is 32.2. The van der Waals surface area contributed by atoms with Crippen molar-refractivity contribution in [2.75, 3.05) is 5.73 Å². The molecule has 2 atom stereocenters. The van der Waals surface area contributed by atoms with Crippen molar-refractivity contribution in [2.45, 2.75) is 56.9 Å². The van der Waals surface area contributed by atoms with Gasteiger partial charge in [-0.2, -0.15) is 0 Å². The first-order valence-electron chi connectivity index (χ1n) is 7.43. The fourth-order valence-electron chi connectivity index (χ4n) is 3.07. The van der Waals surface area contributed by atoms with Gasteiger partial charge < -0.3 is 5.73 Å². The lowest BCUT2D eigenvalue weighted by Crippen LogP contribution is -2.42. The summed E-state index contributed by atoms with van der Waals surface area (Å²) in [4.78, 5) is -0.0552. The Morgan fingerprint density at radius 3 is 2.67 bits per heavy atom. The van der Waals surface area contributed by atoms with E-state index in [1.807, 2.05) is 0 Å². The molecule has 2 rings (SSSR count). The van der Waals surface area contributed by atoms with Gasteiger partial charge in [0.25, 0.3) is 0 Å². The fourth-order valence-corrected chi connectivity index (χ4v) is 4.69. The predicted molar refractivity (Wildman–Crippen MR) is 81.9 cm³/mol. The average Bonchev–Trinajstić information content (AvgIpc) is 2.43. The molecule has 0 bridgehead atoms. The number of halogens is 1. The quantitative estimate of drug-likeness (QED) is 0.839. The van der Waals surface area contributed by atoms with E-state index in [1.165, 1.54) is 13.0 Å². The third-order valence-corrected chi connectivity index (χ3v) is 5.96. The minimum atomic E-state index is -3.75. The summed E-state index contributed by atoms with van der Waals surface area (Å²) in [6.45, 7) is 3.53. The van der Waals surface area contributed by atoms with E-state index in [0.29, 0.717) is 5.92 Å². The lowest BCUT2D eigenvalue weighted by atomic mass is 9.83. The minimum Gasteiger partial charge on any atom is -0.399 e. The number of hydrogen-bond donors (Lipinski definition) is 2. The van der Waals surface area contributed by atoms with E-state index >= 15 is 0 Å². The summed E-state index contributed by atoms with van der Waals surface area (Å²) >= 11 is 0. The Morgan fingerprint density at radius 1 is 1.33 bits per heavy atom. The highest BCUT2D eigenvalue weighted by molar-refractivity contribution is 7.89. The molecule has 1 fully saturated rings. The van der Waals surface area contributed by atoms with E-state index in [4.69, 9.17) is 5.73 Å². The Morgan fingerprint density at radius 2 is 2.00 bits per heavy atom. The second kappa shape index (κ2) is 6.32. The van der Waals surface area contributed by atoms with Crippen molar-refractivity contribution >= 4 is 15.7 Å². The number of benzene rings is 1. The molecule has 0 amide bonds. The van der Waals surface area contributed by atoms with E-state index < -0.39 is 15.8 Å². The van der Waals surface area contributed by atoms with Crippen molar-refractivity contribution in [3.8, 4) is 0 Å². The molecular formula is C15H23FN2O2S. The molecule has 0 spiro atoms. The second-order valence-corrected chi connectivity index (χ2v) is 7.49. The van der Waals surface area contributed by atoms with E-state index in [0.717, 1.165) is 38.2 Å². The van der Waals surface area contributed by atoms with Crippen LogP contribution in [0.4, 0.5) is 10.1 Å². The zero-order valence-electron chi connectivity index (χ0n) is 12.5. The summed E-state index contributed by atoms with van der Waals surface area (Å²) < 4.78 is 41.6. The van der Waals surface area contributed by atoms with Crippen LogP contribution < -0.4 is 10.5 Å². The topological polar surface area (TPSA) is 72.2 Å². The van der Waals surface area contributed by atoms with E-state index in [1.54, 1.807) is 0 Å². The molecule has 6 heteroatoms. The molecule has 0 aliphatic heterocycles. The molecule has 1 saturated carbocycles. The van der Waals surface area contributed by atoms with Crippen LogP contribution in [0.5, 0.6) is 0 Å². The minimum absolute atomic E-state index is 0.0552. The molecule has 2 unspecified atom stereocenters. The molecule has 118 valence electrons. The van der Waals surface area contributed by atoms with Gasteiger partial charge in [0.2, 0.25) is 10.0 Å². The Hall–Kier alpha value is -1.14. The molecule has 0 aromatic heterocycles. The van der Waals surface area contributed by atoms with Gasteiger partial charge in [-0.3, -0.25) is 0 Å². The summed E-state index contributed by atoms with van der Waals surface area (Å²) in [6.07, 6.45) is 4.98. The Kier molecular flexibility index (Phi) is 4.88. The Bertz CT molecular complexity index is 616. The number of nitrogen functional groups attached to an aromatic ring is 1. The van der Waals surface area contributed by atoms with Crippen LogP contribution in [0.1, 0.15) is 44.6 Å². The average molecular weight is 314 g/mol. The van der Waals surface area contributed by atoms with Gasteiger partial charge in [-0.05, 0) is 37.8 Å². The van der Waals surface area contributed by atoms with E-state index in [9.17, 15) is 12.8 Å². The fraction of sp³-hybridized carbons (Fsp3) is 0.600. The van der Waals surface area contributed by atoms with Crippen molar-refractivity contribution < 1.29 is 12.8 Å². The molecule has 1 aromatic carbocycles. The number of hydrogen-bond acceptors (Lipinski definition) is 3. The first kappa shape index (κ1) is 16.2. The first-order valence-corrected chi connectivity index (χ1v) is 8.91. The highest BCUT2D eigenvalue weighted by Gasteiger charge is 2.29. The molecule has 21 heavy (non-hydrogen) atoms. The number of nitrogens with one attached hydrogen (secondary N) is 1. The molecule has 1 aliphatic carbocycles. The number of sulfonamides is 1. The van der Waals surface area contributed by atoms with Gasteiger partial charge in [-0.25, -0.2) is 17.5 Å². The summed E-state index contributed by atoms with van der Waals surface area (Å²) in [5.74, 6) is -0.245. The van der Waals surface area contributed by atoms with E-state index in [-0.39, 0.29) is 22.2 Å². The van der Waals surface area contributed by atoms with Crippen LogP contribution in [0.15, 0.2) is 17.0 Å². The van der Waals surface area contributed by atoms with Gasteiger partial charge in [0.1, 0.15) is 5.82 Å². The normalized spacial score (nSPS) is 23.2. The first-order chi connectivity index (χ1) is 9.85. The molecule has 1 aromatic rings. The van der Waals surface area contributed by atoms with Crippen LogP contribution in [-0.2, 0) is 10.0 Å². The maximum absolute atomic E-state index is 13.7. The van der Waals surface area contributed by atoms with Gasteiger partial charge in [0, 0.05) is 17.3 Å². The summed E-state index contributed by atoms with van der Waals surface area (Å²) in [6, 6.07) is 2.39. The lowest BCUT2D eigenvalue weighted by molar-refractivity contribution is 0.282. The van der Waals surface area contributed by atoms with E-state index in [2.05, 4.69) is 11.6 Å². The third-order valence-electron chi connectivity index (χ3n) is 4.35. The molecule has 4 nitrogen and oxygen atoms in total. The van der Waals surface area contributed by atoms with Gasteiger partial charge in [0.05, 0.1) is 4.90 Å². The standard InChI is InChI=1S/C15H23FN2O2S/c1-3-11-6-4-5-7-14(11)18-21(19,20)15-9-12(17)8-13(16)10(15)2/h8-9,11,14,18H,3-7,17H2,1-2H3. The lowest BCUT2D eigenvalue weighted by Gasteiger charge is -2.31. The summed E-state index contributed by atoms with van der Waals surface area (Å²) in [5.41, 5.74) is 5.81. The molecule has 3 N–H and O–H groups in total. The largest absolute Gasteiger partial charge is 0.399 e. The summed E-state index contributed by atoms with van der Waals surface area (Å²) in [5, 5.41) is 0. The second-order valence-electron chi connectivity index (χ2n) is 5.81. The summed E-state index contributed by atoms with van der Waals surface area (Å²) in [7, 11) is -3.75. The smallest absolute Gasteiger partial charge is 0.241 e. The molecule has 0 heterocycles. The SMILES string of the molecule is CCC1CCCCC1NS(=O)(=O)c1cc(N)cc(F)c1C. The molecule has 0 saturated heterocycles. The predicted octanol–water partition coefficient (Wildman–Crippen LogP) is 2.96. The number of rotatable bonds is 4. The van der Waals surface area contributed by atoms with Crippen LogP contribution in [0.25, 0.3) is 0 Å². The van der Waals surface area contributed by atoms with Crippen molar-refractivity contribution in [3.05, 3.63) is 23.5 Å². The van der Waals surface area contributed by atoms with Gasteiger partial charge in [-0.1, -0.05) is 26.2 Å². The molecule has 0 radical (unpaired) electrons.